The summed E-state index contributed by atoms with van der Waals surface area (Å²) in [5, 5.41) is 0. The number of hydrogen-bond acceptors (Lipinski definition) is 4. The van der Waals surface area contributed by atoms with Gasteiger partial charge in [-0.25, -0.2) is 5.43 Å². The molecular weight excluding hydrogens is 225 g/mol. The van der Waals surface area contributed by atoms with E-state index >= 15 is 0 Å². The molecule has 0 aliphatic heterocycles. The lowest BCUT2D eigenvalue weighted by molar-refractivity contribution is -0.169. The average Bonchev–Trinajstić information content (AvgIpc) is 1.98. The highest BCUT2D eigenvalue weighted by molar-refractivity contribution is 5.85. The van der Waals surface area contributed by atoms with Gasteiger partial charge in [0.15, 0.2) is 0 Å². The summed E-state index contributed by atoms with van der Waals surface area (Å²) >= 11 is 0. The minimum atomic E-state index is -4.54. The number of carbonyl (C=O) groups excluding carboxylic acids is 1. The number of alkyl halides is 3. The number of nitrogens with one attached hydrogen (secondary N) is 1. The first-order chi connectivity index (χ1) is 5.91. The molecule has 0 aromatic rings. The molecule has 14 heavy (non-hydrogen) atoms. The molecule has 0 fully saturated rings. The third-order valence-corrected chi connectivity index (χ3v) is 1.27. The molecule has 0 rings (SSSR count). The largest absolute Gasteiger partial charge is 0.466 e. The van der Waals surface area contributed by atoms with E-state index in [1.165, 1.54) is 12.3 Å². The quantitative estimate of drug-likeness (QED) is 0.430. The maximum Gasteiger partial charge on any atom is 0.405 e. The summed E-state index contributed by atoms with van der Waals surface area (Å²) in [6.07, 6.45) is -5.35. The van der Waals surface area contributed by atoms with E-state index < -0.39 is 24.6 Å². The third-order valence-electron chi connectivity index (χ3n) is 1.27. The van der Waals surface area contributed by atoms with Crippen LogP contribution in [0.1, 0.15) is 13.3 Å². The molecule has 0 saturated carbocycles. The fourth-order valence-corrected chi connectivity index (χ4v) is 0.656. The molecule has 86 valence electrons. The zero-order chi connectivity index (χ0) is 10.5. The van der Waals surface area contributed by atoms with Crippen molar-refractivity contribution in [2.24, 2.45) is 5.84 Å². The molecule has 0 bridgehead atoms. The molecule has 0 aliphatic carbocycles. The van der Waals surface area contributed by atoms with Gasteiger partial charge in [0.2, 0.25) is 0 Å². The average molecular weight is 237 g/mol. The Balaban J connectivity index is 0. The Morgan fingerprint density at radius 3 is 2.36 bits per heavy atom. The molecule has 0 amide bonds. The number of rotatable bonds is 4. The molecule has 8 heteroatoms. The van der Waals surface area contributed by atoms with E-state index in [1.807, 2.05) is 0 Å². The smallest absolute Gasteiger partial charge is 0.405 e. The molecule has 0 saturated heterocycles. The van der Waals surface area contributed by atoms with Crippen molar-refractivity contribution in [3.8, 4) is 0 Å². The van der Waals surface area contributed by atoms with Crippen LogP contribution in [0, 0.1) is 0 Å². The van der Waals surface area contributed by atoms with Gasteiger partial charge in [0.05, 0.1) is 13.0 Å². The Bertz CT molecular complexity index is 177. The summed E-state index contributed by atoms with van der Waals surface area (Å²) in [5.74, 6) is 3.70. The molecule has 0 heterocycles. The SMILES string of the molecule is CCOC(=O)CC(NN)C(F)(F)F.Cl. The van der Waals surface area contributed by atoms with E-state index in [1.54, 1.807) is 0 Å². The van der Waals surface area contributed by atoms with Crippen molar-refractivity contribution in [1.82, 2.24) is 5.43 Å². The van der Waals surface area contributed by atoms with Crippen LogP contribution >= 0.6 is 12.4 Å². The van der Waals surface area contributed by atoms with Gasteiger partial charge in [-0.2, -0.15) is 13.2 Å². The molecule has 1 atom stereocenters. The number of carbonyl (C=O) groups is 1. The van der Waals surface area contributed by atoms with E-state index in [9.17, 15) is 18.0 Å². The number of hydrogen-bond donors (Lipinski definition) is 2. The molecular formula is C6H12ClF3N2O2. The number of ether oxygens (including phenoxy) is 1. The lowest BCUT2D eigenvalue weighted by Gasteiger charge is -2.17. The van der Waals surface area contributed by atoms with Crippen molar-refractivity contribution in [1.29, 1.82) is 0 Å². The van der Waals surface area contributed by atoms with Crippen molar-refractivity contribution in [2.75, 3.05) is 6.61 Å². The van der Waals surface area contributed by atoms with Crippen molar-refractivity contribution < 1.29 is 22.7 Å². The van der Waals surface area contributed by atoms with Gasteiger partial charge in [-0.15, -0.1) is 12.4 Å². The summed E-state index contributed by atoms with van der Waals surface area (Å²) in [4.78, 5) is 10.6. The number of halogens is 4. The highest BCUT2D eigenvalue weighted by Crippen LogP contribution is 2.21. The zero-order valence-corrected chi connectivity index (χ0v) is 8.24. The van der Waals surface area contributed by atoms with Gasteiger partial charge in [-0.1, -0.05) is 0 Å². The summed E-state index contributed by atoms with van der Waals surface area (Å²) in [6, 6.07) is -2.05. The predicted octanol–water partition coefficient (Wildman–Crippen LogP) is 0.756. The van der Waals surface area contributed by atoms with Gasteiger partial charge in [-0.05, 0) is 6.92 Å². The first-order valence-electron chi connectivity index (χ1n) is 3.60. The molecule has 3 N–H and O–H groups in total. The molecule has 0 aromatic heterocycles. The van der Waals surface area contributed by atoms with Gasteiger partial charge >= 0.3 is 12.1 Å². The minimum Gasteiger partial charge on any atom is -0.466 e. The van der Waals surface area contributed by atoms with Crippen LogP contribution in [-0.2, 0) is 9.53 Å². The summed E-state index contributed by atoms with van der Waals surface area (Å²) in [6.45, 7) is 1.56. The first-order valence-corrected chi connectivity index (χ1v) is 3.60. The van der Waals surface area contributed by atoms with Crippen LogP contribution in [0.2, 0.25) is 0 Å². The van der Waals surface area contributed by atoms with Crippen molar-refractivity contribution in [2.45, 2.75) is 25.6 Å². The molecule has 0 aromatic carbocycles. The number of esters is 1. The van der Waals surface area contributed by atoms with Gasteiger partial charge in [0, 0.05) is 0 Å². The van der Waals surface area contributed by atoms with Gasteiger partial charge in [-0.3, -0.25) is 10.6 Å². The van der Waals surface area contributed by atoms with Gasteiger partial charge < -0.3 is 4.74 Å². The van der Waals surface area contributed by atoms with Crippen LogP contribution in [0.25, 0.3) is 0 Å². The monoisotopic (exact) mass is 236 g/mol. The Labute approximate surface area is 85.3 Å². The van der Waals surface area contributed by atoms with Crippen LogP contribution in [-0.4, -0.2) is 24.8 Å². The highest BCUT2D eigenvalue weighted by atomic mass is 35.5. The van der Waals surface area contributed by atoms with E-state index in [2.05, 4.69) is 10.6 Å². The van der Waals surface area contributed by atoms with E-state index in [0.717, 1.165) is 0 Å². The van der Waals surface area contributed by atoms with Gasteiger partial charge in [0.25, 0.3) is 0 Å². The standard InChI is InChI=1S/C6H11F3N2O2.ClH/c1-2-13-5(12)3-4(11-10)6(7,8)9;/h4,11H,2-3,10H2,1H3;1H. The Kier molecular flexibility index (Phi) is 7.80. The Hall–Kier alpha value is -0.530. The Morgan fingerprint density at radius 2 is 2.07 bits per heavy atom. The molecule has 0 aliphatic rings. The fraction of sp³-hybridized carbons (Fsp3) is 0.833. The number of nitrogens with two attached hydrogens (primary N) is 1. The molecule has 0 radical (unpaired) electrons. The molecule has 1 unspecified atom stereocenters. The predicted molar refractivity (Wildman–Crippen MR) is 45.7 cm³/mol. The van der Waals surface area contributed by atoms with Crippen molar-refractivity contribution in [3.63, 3.8) is 0 Å². The second-order valence-corrected chi connectivity index (χ2v) is 2.27. The number of hydrazine groups is 1. The fourth-order valence-electron chi connectivity index (χ4n) is 0.656. The maximum absolute atomic E-state index is 12.0. The van der Waals surface area contributed by atoms with Crippen molar-refractivity contribution in [3.05, 3.63) is 0 Å². The first kappa shape index (κ1) is 15.9. The second kappa shape index (κ2) is 6.86. The maximum atomic E-state index is 12.0. The summed E-state index contributed by atoms with van der Waals surface area (Å²) in [7, 11) is 0. The van der Waals surface area contributed by atoms with Gasteiger partial charge in [0.1, 0.15) is 6.04 Å². The van der Waals surface area contributed by atoms with Crippen LogP contribution in [0.15, 0.2) is 0 Å². The third kappa shape index (κ3) is 6.01. The summed E-state index contributed by atoms with van der Waals surface area (Å²) in [5.41, 5.74) is 1.51. The van der Waals surface area contributed by atoms with Crippen LogP contribution in [0.5, 0.6) is 0 Å². The van der Waals surface area contributed by atoms with E-state index in [4.69, 9.17) is 0 Å². The zero-order valence-electron chi connectivity index (χ0n) is 7.43. The topological polar surface area (TPSA) is 64.3 Å². The van der Waals surface area contributed by atoms with Crippen LogP contribution < -0.4 is 11.3 Å². The molecule has 4 nitrogen and oxygen atoms in total. The highest BCUT2D eigenvalue weighted by Gasteiger charge is 2.40. The van der Waals surface area contributed by atoms with Crippen molar-refractivity contribution >= 4 is 18.4 Å². The second-order valence-electron chi connectivity index (χ2n) is 2.27. The minimum absolute atomic E-state index is 0. The Morgan fingerprint density at radius 1 is 1.57 bits per heavy atom. The van der Waals surface area contributed by atoms with Crippen LogP contribution in [0.3, 0.4) is 0 Å². The van der Waals surface area contributed by atoms with E-state index in [0.29, 0.717) is 0 Å². The molecule has 0 spiro atoms. The lowest BCUT2D eigenvalue weighted by Crippen LogP contribution is -2.47. The summed E-state index contributed by atoms with van der Waals surface area (Å²) < 4.78 is 40.2. The lowest BCUT2D eigenvalue weighted by atomic mass is 10.2. The van der Waals surface area contributed by atoms with E-state index in [-0.39, 0.29) is 19.0 Å². The normalized spacial score (nSPS) is 12.9. The van der Waals surface area contributed by atoms with Crippen LogP contribution in [0.4, 0.5) is 13.2 Å².